The lowest BCUT2D eigenvalue weighted by Gasteiger charge is -2.21. The fourth-order valence-corrected chi connectivity index (χ4v) is 2.15. The molecule has 0 unspecified atom stereocenters. The molecule has 0 rings (SSSR count). The first-order valence-electron chi connectivity index (χ1n) is 12.4. The fraction of sp³-hybridized carbons (Fsp3) is 0.920. The van der Waals surface area contributed by atoms with Crippen molar-refractivity contribution in [3.05, 3.63) is 0 Å². The van der Waals surface area contributed by atoms with Crippen LogP contribution in [0, 0.1) is 0 Å². The summed E-state index contributed by atoms with van der Waals surface area (Å²) in [5, 5.41) is 45.2. The van der Waals surface area contributed by atoms with Crippen LogP contribution >= 0.6 is 0 Å². The Morgan fingerprint density at radius 2 is 0.694 bits per heavy atom. The number of nitrogens with zero attached hydrogens (tertiary/aromatic N) is 3. The molecule has 222 valence electrons. The molecule has 0 saturated carbocycles. The van der Waals surface area contributed by atoms with Gasteiger partial charge in [-0.3, -0.25) is 0 Å². The smallest absolute Gasteiger partial charge is 0.101 e. The average Bonchev–Trinajstić information content (AvgIpc) is 2.62. The molecule has 0 aliphatic heterocycles. The number of hydrogen-bond acceptors (Lipinski definition) is 7. The van der Waals surface area contributed by atoms with Gasteiger partial charge in [-0.05, 0) is 25.7 Å². The molecule has 0 fully saturated rings. The Balaban J connectivity index is -0.000000125. The third-order valence-electron chi connectivity index (χ3n) is 4.32. The summed E-state index contributed by atoms with van der Waals surface area (Å²) in [4.78, 5) is 20.1. The van der Waals surface area contributed by atoms with Gasteiger partial charge in [0.2, 0.25) is 0 Å². The Labute approximate surface area is 227 Å². The van der Waals surface area contributed by atoms with E-state index in [9.17, 15) is 19.8 Å². The molecule has 0 spiro atoms. The summed E-state index contributed by atoms with van der Waals surface area (Å²) in [5.41, 5.74) is 0. The van der Waals surface area contributed by atoms with Crippen molar-refractivity contribution >= 4 is 11.9 Å². The summed E-state index contributed by atoms with van der Waals surface area (Å²) < 4.78 is 2.53. The molecule has 0 saturated heterocycles. The normalized spacial score (nSPS) is 10.9. The number of carboxylic acid groups (broad SMARTS) is 2. The van der Waals surface area contributed by atoms with E-state index < -0.39 is 11.9 Å². The van der Waals surface area contributed by atoms with E-state index >= 15 is 0 Å². The first kappa shape index (κ1) is 44.9. The van der Waals surface area contributed by atoms with Crippen LogP contribution in [0.5, 0.6) is 0 Å². The lowest BCUT2D eigenvalue weighted by molar-refractivity contribution is -0.870. The molecular weight excluding hydrogens is 490 g/mol. The zero-order chi connectivity index (χ0) is 28.6. The van der Waals surface area contributed by atoms with Gasteiger partial charge in [0.15, 0.2) is 0 Å². The number of carboxylic acids is 2. The second-order valence-corrected chi connectivity index (χ2v) is 11.6. The maximum Gasteiger partial charge on any atom is 0.101 e. The van der Waals surface area contributed by atoms with Gasteiger partial charge in [-0.2, -0.15) is 0 Å². The van der Waals surface area contributed by atoms with Crippen molar-refractivity contribution in [1.29, 1.82) is 0 Å². The Kier molecular flexibility index (Phi) is 33.8. The van der Waals surface area contributed by atoms with Gasteiger partial charge in [0, 0.05) is 11.9 Å². The lowest BCUT2D eigenvalue weighted by Crippen LogP contribution is -3.00. The Morgan fingerprint density at radius 1 is 0.500 bits per heavy atom. The van der Waals surface area contributed by atoms with Gasteiger partial charge in [0.1, 0.15) is 19.6 Å². The third kappa shape index (κ3) is 69.8. The second kappa shape index (κ2) is 27.0. The first-order chi connectivity index (χ1) is 15.8. The number of halogens is 1. The molecule has 0 aromatic rings. The highest BCUT2D eigenvalue weighted by Crippen LogP contribution is 2.07. The summed E-state index contributed by atoms with van der Waals surface area (Å²) in [6, 6.07) is 0. The molecule has 0 amide bonds. The number of carbonyl (C=O) groups is 2. The van der Waals surface area contributed by atoms with Crippen molar-refractivity contribution in [3.8, 4) is 0 Å². The van der Waals surface area contributed by atoms with Crippen molar-refractivity contribution in [3.63, 3.8) is 0 Å². The lowest BCUT2D eigenvalue weighted by atomic mass is 10.1. The molecule has 0 heterocycles. The van der Waals surface area contributed by atoms with Gasteiger partial charge in [-0.15, -0.1) is 0 Å². The van der Waals surface area contributed by atoms with Crippen LogP contribution in [0.2, 0.25) is 0 Å². The minimum Gasteiger partial charge on any atom is -1.00 e. The molecule has 0 bridgehead atoms. The Morgan fingerprint density at radius 3 is 0.806 bits per heavy atom. The summed E-state index contributed by atoms with van der Waals surface area (Å²) in [6.07, 6.45) is 5.23. The van der Waals surface area contributed by atoms with Crippen molar-refractivity contribution < 1.29 is 61.0 Å². The molecule has 10 nitrogen and oxygen atoms in total. The van der Waals surface area contributed by atoms with Crippen LogP contribution in [-0.2, 0) is 9.59 Å². The van der Waals surface area contributed by atoms with Gasteiger partial charge in [-0.1, -0.05) is 25.7 Å². The van der Waals surface area contributed by atoms with Gasteiger partial charge in [0.05, 0.1) is 83.2 Å². The van der Waals surface area contributed by atoms with Gasteiger partial charge in [0.25, 0.3) is 0 Å². The molecule has 0 atom stereocenters. The molecular formula is C25H58ClN3O7. The maximum absolute atomic E-state index is 10.0. The fourth-order valence-electron chi connectivity index (χ4n) is 2.15. The van der Waals surface area contributed by atoms with E-state index in [0.717, 1.165) is 58.8 Å². The van der Waals surface area contributed by atoms with Crippen molar-refractivity contribution in [2.75, 3.05) is 103 Å². The van der Waals surface area contributed by atoms with Crippen molar-refractivity contribution in [2.24, 2.45) is 0 Å². The van der Waals surface area contributed by atoms with Crippen LogP contribution in [-0.4, -0.2) is 144 Å². The number of hydrogen-bond donors (Lipinski definition) is 3. The van der Waals surface area contributed by atoms with Crippen LogP contribution in [0.1, 0.15) is 51.4 Å². The van der Waals surface area contributed by atoms with Crippen LogP contribution in [0.4, 0.5) is 0 Å². The molecule has 3 N–H and O–H groups in total. The second-order valence-electron chi connectivity index (χ2n) is 11.6. The topological polar surface area (TPSA) is 141 Å². The minimum absolute atomic E-state index is 0. The summed E-state index contributed by atoms with van der Waals surface area (Å²) >= 11 is 0. The molecule has 0 radical (unpaired) electrons. The zero-order valence-corrected chi connectivity index (χ0v) is 25.3. The molecule has 0 aromatic carbocycles. The van der Waals surface area contributed by atoms with Crippen LogP contribution in [0.15, 0.2) is 0 Å². The number of aliphatic carboxylic acids is 2. The predicted octanol–water partition coefficient (Wildman–Crippen LogP) is -4.33. The summed E-state index contributed by atoms with van der Waals surface area (Å²) in [7, 11) is 18.5. The highest BCUT2D eigenvalue weighted by atomic mass is 35.5. The van der Waals surface area contributed by atoms with E-state index in [1.54, 1.807) is 0 Å². The van der Waals surface area contributed by atoms with E-state index in [2.05, 4.69) is 63.4 Å². The van der Waals surface area contributed by atoms with E-state index in [1.165, 1.54) is 0 Å². The molecule has 0 aromatic heterocycles. The number of carbonyl (C=O) groups excluding carboxylic acids is 2. The SMILES string of the molecule is C[N+](C)(C)CCO.C[N+](C)(C)CCO.C[N+](C)(C)CCO.O=C([O-])CCCCCCCCC(=O)[O-].[Cl-]. The van der Waals surface area contributed by atoms with Gasteiger partial charge < -0.3 is 61.0 Å². The number of quaternary nitrogens is 3. The highest BCUT2D eigenvalue weighted by molar-refractivity contribution is 5.64. The zero-order valence-electron chi connectivity index (χ0n) is 24.6. The number of aliphatic hydroxyl groups excluding tert-OH is 3. The van der Waals surface area contributed by atoms with E-state index in [4.69, 9.17) is 15.3 Å². The predicted molar refractivity (Wildman–Crippen MR) is 137 cm³/mol. The van der Waals surface area contributed by atoms with E-state index in [0.29, 0.717) is 12.8 Å². The number of rotatable bonds is 15. The molecule has 0 aliphatic rings. The minimum atomic E-state index is -0.998. The van der Waals surface area contributed by atoms with Gasteiger partial charge in [-0.25, -0.2) is 0 Å². The first-order valence-corrected chi connectivity index (χ1v) is 12.4. The molecule has 0 aliphatic carbocycles. The summed E-state index contributed by atoms with van der Waals surface area (Å²) in [6.45, 7) is 3.34. The van der Waals surface area contributed by atoms with Crippen molar-refractivity contribution in [1.82, 2.24) is 0 Å². The third-order valence-corrected chi connectivity index (χ3v) is 4.32. The summed E-state index contributed by atoms with van der Waals surface area (Å²) in [5.74, 6) is -2.00. The van der Waals surface area contributed by atoms with Crippen LogP contribution in [0.25, 0.3) is 0 Å². The number of unbranched alkanes of at least 4 members (excludes halogenated alkanes) is 5. The Hall–Kier alpha value is -1.01. The van der Waals surface area contributed by atoms with Crippen molar-refractivity contribution in [2.45, 2.75) is 51.4 Å². The maximum atomic E-state index is 10.0. The largest absolute Gasteiger partial charge is 1.00 e. The number of likely N-dealkylation sites (N-methyl/N-ethyl adjacent to an activating group) is 3. The highest BCUT2D eigenvalue weighted by Gasteiger charge is 2.03. The Bertz CT molecular complexity index is 431. The van der Waals surface area contributed by atoms with E-state index in [1.807, 2.05) is 0 Å². The molecule has 11 heteroatoms. The van der Waals surface area contributed by atoms with Crippen LogP contribution in [0.3, 0.4) is 0 Å². The quantitative estimate of drug-likeness (QED) is 0.139. The van der Waals surface area contributed by atoms with Gasteiger partial charge >= 0.3 is 0 Å². The monoisotopic (exact) mass is 547 g/mol. The van der Waals surface area contributed by atoms with E-state index in [-0.39, 0.29) is 45.1 Å². The average molecular weight is 548 g/mol. The molecule has 36 heavy (non-hydrogen) atoms. The number of aliphatic hydroxyl groups is 3. The standard InChI is InChI=1S/C10H18O4.3C5H14NO.ClH/c11-9(12)7-5-3-1-2-4-6-8-10(13)14;3*1-6(2,3)4-5-7;/h1-8H2,(H,11,12)(H,13,14);3*7H,4-5H2,1-3H3;1H/q;3*+1;/p-3. The van der Waals surface area contributed by atoms with Crippen LogP contribution < -0.4 is 22.6 Å².